The van der Waals surface area contributed by atoms with E-state index < -0.39 is 36.3 Å². The third-order valence-electron chi connectivity index (χ3n) is 4.69. The average Bonchev–Trinajstić information content (AvgIpc) is 3.02. The van der Waals surface area contributed by atoms with Crippen molar-refractivity contribution in [3.05, 3.63) is 12.2 Å². The van der Waals surface area contributed by atoms with Crippen molar-refractivity contribution in [1.82, 2.24) is 10.6 Å². The number of hydrogen-bond donors (Lipinski definition) is 5. The SMILES string of the molecule is C/C=C\[C@@H]1C[C@H](C(=O)O)N[C@H]1[C@@H](NC(C)=O)[C@@H](O)[C@@H](C)CC.O=C(O)C(F)(F)F. The first-order valence-corrected chi connectivity index (χ1v) is 9.13. The molecule has 168 valence electrons. The van der Waals surface area contributed by atoms with Gasteiger partial charge in [-0.2, -0.15) is 13.2 Å². The monoisotopic (exact) mass is 426 g/mol. The van der Waals surface area contributed by atoms with Crippen molar-refractivity contribution in [1.29, 1.82) is 0 Å². The molecular formula is C18H29F3N2O6. The van der Waals surface area contributed by atoms with Crippen LogP contribution < -0.4 is 10.6 Å². The molecule has 0 saturated carbocycles. The Morgan fingerprint density at radius 3 is 2.14 bits per heavy atom. The van der Waals surface area contributed by atoms with E-state index in [0.29, 0.717) is 6.42 Å². The summed E-state index contributed by atoms with van der Waals surface area (Å²) >= 11 is 0. The number of aliphatic carboxylic acids is 2. The molecule has 0 radical (unpaired) electrons. The van der Waals surface area contributed by atoms with Crippen LogP contribution in [-0.2, 0) is 14.4 Å². The molecule has 8 nitrogen and oxygen atoms in total. The number of carboxylic acids is 2. The lowest BCUT2D eigenvalue weighted by atomic mass is 9.85. The van der Waals surface area contributed by atoms with E-state index in [9.17, 15) is 33.0 Å². The van der Waals surface area contributed by atoms with Gasteiger partial charge >= 0.3 is 18.1 Å². The van der Waals surface area contributed by atoms with E-state index in [1.54, 1.807) is 0 Å². The molecule has 5 N–H and O–H groups in total. The molecule has 11 heteroatoms. The quantitative estimate of drug-likeness (QED) is 0.390. The van der Waals surface area contributed by atoms with Gasteiger partial charge in [0, 0.05) is 13.0 Å². The van der Waals surface area contributed by atoms with Crippen LogP contribution in [-0.4, -0.2) is 63.6 Å². The van der Waals surface area contributed by atoms with Crippen LogP contribution in [0.4, 0.5) is 13.2 Å². The van der Waals surface area contributed by atoms with Crippen molar-refractivity contribution in [2.45, 2.75) is 70.9 Å². The Labute approximate surface area is 167 Å². The molecule has 0 spiro atoms. The standard InChI is InChI=1S/C16H28N2O4.C2HF3O2/c1-5-7-11-8-12(16(21)22)18-13(11)14(17-10(4)19)15(20)9(3)6-2;3-2(4,5)1(6)7/h5,7,9,11-15,18,20H,6,8H2,1-4H3,(H,17,19)(H,21,22);(H,6,7)/b7-5-;/t9-,11+,12+,13+,14+,15-;/m0./s1. The summed E-state index contributed by atoms with van der Waals surface area (Å²) in [5, 5.41) is 32.8. The lowest BCUT2D eigenvalue weighted by Gasteiger charge is -2.34. The van der Waals surface area contributed by atoms with Gasteiger partial charge in [0.2, 0.25) is 5.91 Å². The molecule has 1 heterocycles. The molecule has 1 rings (SSSR count). The Balaban J connectivity index is 0.000000956. The Kier molecular flexibility index (Phi) is 10.9. The number of carboxylic acid groups (broad SMARTS) is 2. The average molecular weight is 426 g/mol. The summed E-state index contributed by atoms with van der Waals surface area (Å²) in [6.07, 6.45) is -0.761. The zero-order chi connectivity index (χ0) is 22.9. The van der Waals surface area contributed by atoms with Gasteiger partial charge in [0.1, 0.15) is 6.04 Å². The molecule has 1 saturated heterocycles. The molecule has 1 aliphatic heterocycles. The molecule has 0 aromatic carbocycles. The molecule has 0 aromatic rings. The number of aliphatic hydroxyl groups excluding tert-OH is 1. The number of alkyl halides is 3. The number of allylic oxidation sites excluding steroid dienone is 1. The smallest absolute Gasteiger partial charge is 0.480 e. The number of halogens is 3. The summed E-state index contributed by atoms with van der Waals surface area (Å²) in [6, 6.07) is -1.48. The summed E-state index contributed by atoms with van der Waals surface area (Å²) in [5.74, 6) is -3.92. The van der Waals surface area contributed by atoms with Gasteiger partial charge < -0.3 is 20.6 Å². The summed E-state index contributed by atoms with van der Waals surface area (Å²) in [5.41, 5.74) is 0. The van der Waals surface area contributed by atoms with E-state index in [1.165, 1.54) is 6.92 Å². The lowest BCUT2D eigenvalue weighted by molar-refractivity contribution is -0.192. The van der Waals surface area contributed by atoms with Gasteiger partial charge in [-0.25, -0.2) is 4.79 Å². The zero-order valence-corrected chi connectivity index (χ0v) is 16.7. The molecule has 0 aromatic heterocycles. The number of carbonyl (C=O) groups excluding carboxylic acids is 1. The van der Waals surface area contributed by atoms with E-state index >= 15 is 0 Å². The maximum Gasteiger partial charge on any atom is 0.490 e. The Bertz CT molecular complexity index is 597. The lowest BCUT2D eigenvalue weighted by Crippen LogP contribution is -2.58. The minimum absolute atomic E-state index is 0.00813. The van der Waals surface area contributed by atoms with E-state index in [2.05, 4.69) is 10.6 Å². The molecular weight excluding hydrogens is 397 g/mol. The Hall–Kier alpha value is -2.14. The molecule has 29 heavy (non-hydrogen) atoms. The van der Waals surface area contributed by atoms with E-state index in [1.807, 2.05) is 32.9 Å². The molecule has 1 amide bonds. The largest absolute Gasteiger partial charge is 0.490 e. The normalized spacial score (nSPS) is 24.9. The highest BCUT2D eigenvalue weighted by atomic mass is 19.4. The number of rotatable bonds is 7. The second kappa shape index (κ2) is 11.8. The van der Waals surface area contributed by atoms with Crippen molar-refractivity contribution in [2.24, 2.45) is 11.8 Å². The molecule has 0 aliphatic carbocycles. The van der Waals surface area contributed by atoms with Crippen LogP contribution in [0.2, 0.25) is 0 Å². The highest BCUT2D eigenvalue weighted by Crippen LogP contribution is 2.28. The van der Waals surface area contributed by atoms with Gasteiger partial charge in [-0.3, -0.25) is 14.9 Å². The Morgan fingerprint density at radius 2 is 1.79 bits per heavy atom. The maximum absolute atomic E-state index is 11.5. The van der Waals surface area contributed by atoms with Crippen LogP contribution >= 0.6 is 0 Å². The van der Waals surface area contributed by atoms with Crippen LogP contribution in [0.5, 0.6) is 0 Å². The first-order chi connectivity index (χ1) is 13.3. The molecule has 6 atom stereocenters. The van der Waals surface area contributed by atoms with Gasteiger partial charge in [-0.15, -0.1) is 0 Å². The van der Waals surface area contributed by atoms with E-state index in [4.69, 9.17) is 9.90 Å². The van der Waals surface area contributed by atoms with Crippen LogP contribution in [0.15, 0.2) is 12.2 Å². The first-order valence-electron chi connectivity index (χ1n) is 9.13. The predicted octanol–water partition coefficient (Wildman–Crippen LogP) is 1.54. The molecule has 1 fully saturated rings. The summed E-state index contributed by atoms with van der Waals surface area (Å²) in [7, 11) is 0. The minimum atomic E-state index is -5.08. The van der Waals surface area contributed by atoms with Crippen LogP contribution in [0.25, 0.3) is 0 Å². The highest BCUT2D eigenvalue weighted by molar-refractivity contribution is 5.75. The van der Waals surface area contributed by atoms with Gasteiger partial charge in [0.05, 0.1) is 12.1 Å². The number of nitrogens with one attached hydrogen (secondary N) is 2. The second-order valence-corrected chi connectivity index (χ2v) is 6.91. The van der Waals surface area contributed by atoms with Gasteiger partial charge in [0.25, 0.3) is 0 Å². The van der Waals surface area contributed by atoms with Crippen LogP contribution in [0.1, 0.15) is 40.5 Å². The fourth-order valence-electron chi connectivity index (χ4n) is 3.05. The third kappa shape index (κ3) is 8.82. The number of carbonyl (C=O) groups is 3. The van der Waals surface area contributed by atoms with Gasteiger partial charge in [-0.1, -0.05) is 32.4 Å². The zero-order valence-electron chi connectivity index (χ0n) is 16.7. The Morgan fingerprint density at radius 1 is 1.28 bits per heavy atom. The predicted molar refractivity (Wildman–Crippen MR) is 98.0 cm³/mol. The maximum atomic E-state index is 11.5. The summed E-state index contributed by atoms with van der Waals surface area (Å²) < 4.78 is 31.7. The summed E-state index contributed by atoms with van der Waals surface area (Å²) in [6.45, 7) is 7.19. The van der Waals surface area contributed by atoms with Gasteiger partial charge in [0.15, 0.2) is 0 Å². The van der Waals surface area contributed by atoms with Crippen LogP contribution in [0.3, 0.4) is 0 Å². The fourth-order valence-corrected chi connectivity index (χ4v) is 3.05. The topological polar surface area (TPSA) is 136 Å². The first kappa shape index (κ1) is 26.9. The number of amides is 1. The second-order valence-electron chi connectivity index (χ2n) is 6.91. The van der Waals surface area contributed by atoms with Crippen LogP contribution in [0, 0.1) is 11.8 Å². The third-order valence-corrected chi connectivity index (χ3v) is 4.69. The van der Waals surface area contributed by atoms with Crippen molar-refractivity contribution < 1.29 is 42.9 Å². The number of aliphatic hydroxyl groups is 1. The van der Waals surface area contributed by atoms with Crippen molar-refractivity contribution in [3.63, 3.8) is 0 Å². The fraction of sp³-hybridized carbons (Fsp3) is 0.722. The van der Waals surface area contributed by atoms with Crippen molar-refractivity contribution in [2.75, 3.05) is 0 Å². The van der Waals surface area contributed by atoms with E-state index in [0.717, 1.165) is 6.42 Å². The minimum Gasteiger partial charge on any atom is -0.480 e. The van der Waals surface area contributed by atoms with Crippen molar-refractivity contribution in [3.8, 4) is 0 Å². The summed E-state index contributed by atoms with van der Waals surface area (Å²) in [4.78, 5) is 31.7. The number of hydrogen-bond acceptors (Lipinski definition) is 5. The van der Waals surface area contributed by atoms with Crippen molar-refractivity contribution >= 4 is 17.8 Å². The molecule has 0 unspecified atom stereocenters. The van der Waals surface area contributed by atoms with E-state index in [-0.39, 0.29) is 23.8 Å². The molecule has 0 bridgehead atoms. The molecule has 1 aliphatic rings. The van der Waals surface area contributed by atoms with Gasteiger partial charge in [-0.05, 0) is 25.2 Å². The highest BCUT2D eigenvalue weighted by Gasteiger charge is 2.43.